The Labute approximate surface area is 164 Å². The molecular weight excluding hydrogens is 383 g/mol. The first-order chi connectivity index (χ1) is 13.9. The summed E-state index contributed by atoms with van der Waals surface area (Å²) in [5, 5.41) is 9.65. The van der Waals surface area contributed by atoms with Crippen molar-refractivity contribution >= 4 is 11.7 Å². The molecule has 0 saturated carbocycles. The number of hydrogen-bond acceptors (Lipinski definition) is 4. The van der Waals surface area contributed by atoms with E-state index in [9.17, 15) is 18.0 Å². The van der Waals surface area contributed by atoms with Crippen LogP contribution in [0, 0.1) is 0 Å². The molecular formula is C20H18F3N5O. The van der Waals surface area contributed by atoms with Gasteiger partial charge in [0.05, 0.1) is 18.3 Å². The first kappa shape index (κ1) is 19.0. The van der Waals surface area contributed by atoms with Gasteiger partial charge in [-0.1, -0.05) is 36.4 Å². The summed E-state index contributed by atoms with van der Waals surface area (Å²) in [6.45, 7) is 0.157. The molecule has 1 aliphatic rings. The highest BCUT2D eigenvalue weighted by Gasteiger charge is 2.46. The van der Waals surface area contributed by atoms with Gasteiger partial charge in [-0.3, -0.25) is 9.78 Å². The first-order valence-electron chi connectivity index (χ1n) is 9.07. The molecule has 0 bridgehead atoms. The van der Waals surface area contributed by atoms with Gasteiger partial charge in [-0.2, -0.15) is 18.3 Å². The van der Waals surface area contributed by atoms with E-state index < -0.39 is 24.2 Å². The van der Waals surface area contributed by atoms with Gasteiger partial charge in [-0.05, 0) is 17.7 Å². The number of fused-ring (bicyclic) bond motifs is 1. The number of halogens is 3. The zero-order valence-electron chi connectivity index (χ0n) is 15.2. The van der Waals surface area contributed by atoms with Crippen LogP contribution in [0.25, 0.3) is 0 Å². The third-order valence-electron chi connectivity index (χ3n) is 4.78. The van der Waals surface area contributed by atoms with Crippen LogP contribution in [-0.4, -0.2) is 26.8 Å². The lowest BCUT2D eigenvalue weighted by Gasteiger charge is -2.33. The SMILES string of the molecule is O=C(NCc1ccccn1)c1cc2n(n1)[C@H](C(F)(F)F)C[C@H](c1ccccc1)N2. The number of anilines is 1. The molecule has 1 amide bonds. The van der Waals surface area contributed by atoms with Gasteiger partial charge in [0.1, 0.15) is 5.82 Å². The molecule has 0 unspecified atom stereocenters. The number of nitrogens with zero attached hydrogens (tertiary/aromatic N) is 3. The number of aromatic nitrogens is 3. The molecule has 29 heavy (non-hydrogen) atoms. The summed E-state index contributed by atoms with van der Waals surface area (Å²) < 4.78 is 41.9. The van der Waals surface area contributed by atoms with Crippen LogP contribution in [0.15, 0.2) is 60.8 Å². The van der Waals surface area contributed by atoms with Crippen molar-refractivity contribution < 1.29 is 18.0 Å². The number of amides is 1. The molecule has 4 rings (SSSR count). The van der Waals surface area contributed by atoms with E-state index in [-0.39, 0.29) is 24.5 Å². The minimum absolute atomic E-state index is 0.0774. The Morgan fingerprint density at radius 2 is 1.93 bits per heavy atom. The summed E-state index contributed by atoms with van der Waals surface area (Å²) in [4.78, 5) is 16.5. The monoisotopic (exact) mass is 401 g/mol. The summed E-state index contributed by atoms with van der Waals surface area (Å²) in [6, 6.07) is 13.2. The second kappa shape index (κ2) is 7.57. The Balaban J connectivity index is 1.58. The van der Waals surface area contributed by atoms with Crippen LogP contribution in [0.4, 0.5) is 19.0 Å². The molecule has 1 aromatic carbocycles. The molecule has 2 aromatic heterocycles. The normalized spacial score (nSPS) is 18.6. The molecule has 0 fully saturated rings. The van der Waals surface area contributed by atoms with Crippen LogP contribution in [0.5, 0.6) is 0 Å². The summed E-state index contributed by atoms with van der Waals surface area (Å²) in [7, 11) is 0. The Hall–Kier alpha value is -3.36. The fourth-order valence-electron chi connectivity index (χ4n) is 3.35. The number of alkyl halides is 3. The molecule has 0 aliphatic carbocycles. The van der Waals surface area contributed by atoms with E-state index in [0.717, 1.165) is 10.2 Å². The molecule has 3 heterocycles. The molecule has 1 aliphatic heterocycles. The number of benzene rings is 1. The van der Waals surface area contributed by atoms with Crippen molar-refractivity contribution in [3.8, 4) is 0 Å². The van der Waals surface area contributed by atoms with E-state index in [1.165, 1.54) is 6.07 Å². The molecule has 0 spiro atoms. The van der Waals surface area contributed by atoms with Gasteiger partial charge in [0.25, 0.3) is 5.91 Å². The topological polar surface area (TPSA) is 71.8 Å². The van der Waals surface area contributed by atoms with E-state index in [2.05, 4.69) is 20.7 Å². The van der Waals surface area contributed by atoms with Crippen LogP contribution in [0.3, 0.4) is 0 Å². The highest BCUT2D eigenvalue weighted by atomic mass is 19.4. The zero-order valence-corrected chi connectivity index (χ0v) is 15.2. The van der Waals surface area contributed by atoms with Crippen molar-refractivity contribution in [1.82, 2.24) is 20.1 Å². The summed E-state index contributed by atoms with van der Waals surface area (Å²) in [6.07, 6.45) is -3.10. The second-order valence-electron chi connectivity index (χ2n) is 6.76. The standard InChI is InChI=1S/C20H18F3N5O/c21-20(22,23)17-10-15(13-6-2-1-3-7-13)26-18-11-16(27-28(17)18)19(29)25-12-14-8-4-5-9-24-14/h1-9,11,15,17,26H,10,12H2,(H,25,29)/t15-,17+/m1/s1. The maximum Gasteiger partial charge on any atom is 0.410 e. The Morgan fingerprint density at radius 3 is 2.62 bits per heavy atom. The fourth-order valence-corrected chi connectivity index (χ4v) is 3.35. The Kier molecular flexibility index (Phi) is 4.96. The van der Waals surface area contributed by atoms with Crippen molar-refractivity contribution in [2.45, 2.75) is 31.2 Å². The van der Waals surface area contributed by atoms with Crippen molar-refractivity contribution in [3.63, 3.8) is 0 Å². The zero-order chi connectivity index (χ0) is 20.4. The minimum Gasteiger partial charge on any atom is -0.363 e. The Bertz CT molecular complexity index is 988. The average Bonchev–Trinajstić information content (AvgIpc) is 3.16. The van der Waals surface area contributed by atoms with Gasteiger partial charge in [0.15, 0.2) is 11.7 Å². The third-order valence-corrected chi connectivity index (χ3v) is 4.78. The summed E-state index contributed by atoms with van der Waals surface area (Å²) in [5.41, 5.74) is 1.31. The quantitative estimate of drug-likeness (QED) is 0.696. The average molecular weight is 401 g/mol. The molecule has 2 atom stereocenters. The molecule has 150 valence electrons. The lowest BCUT2D eigenvalue weighted by molar-refractivity contribution is -0.173. The number of carbonyl (C=O) groups is 1. The van der Waals surface area contributed by atoms with Crippen LogP contribution < -0.4 is 10.6 Å². The summed E-state index contributed by atoms with van der Waals surface area (Å²) in [5.74, 6) is -0.396. The number of nitrogens with one attached hydrogen (secondary N) is 2. The first-order valence-corrected chi connectivity index (χ1v) is 9.07. The van der Waals surface area contributed by atoms with Gasteiger partial charge in [0, 0.05) is 18.7 Å². The van der Waals surface area contributed by atoms with E-state index in [0.29, 0.717) is 5.69 Å². The van der Waals surface area contributed by atoms with Crippen molar-refractivity contribution in [2.24, 2.45) is 0 Å². The molecule has 9 heteroatoms. The maximum atomic E-state index is 13.7. The van der Waals surface area contributed by atoms with Crippen LogP contribution in [0.2, 0.25) is 0 Å². The van der Waals surface area contributed by atoms with Gasteiger partial charge in [-0.15, -0.1) is 0 Å². The van der Waals surface area contributed by atoms with Gasteiger partial charge in [0.2, 0.25) is 0 Å². The van der Waals surface area contributed by atoms with E-state index >= 15 is 0 Å². The van der Waals surface area contributed by atoms with Crippen LogP contribution in [-0.2, 0) is 6.54 Å². The second-order valence-corrected chi connectivity index (χ2v) is 6.76. The Morgan fingerprint density at radius 1 is 1.17 bits per heavy atom. The summed E-state index contributed by atoms with van der Waals surface area (Å²) >= 11 is 0. The van der Waals surface area contributed by atoms with E-state index in [1.807, 2.05) is 6.07 Å². The molecule has 0 saturated heterocycles. The highest BCUT2D eigenvalue weighted by molar-refractivity contribution is 5.93. The van der Waals surface area contributed by atoms with Crippen LogP contribution in [0.1, 0.15) is 40.3 Å². The third kappa shape index (κ3) is 4.08. The number of hydrogen-bond donors (Lipinski definition) is 2. The minimum atomic E-state index is -4.49. The highest BCUT2D eigenvalue weighted by Crippen LogP contribution is 2.43. The molecule has 0 radical (unpaired) electrons. The smallest absolute Gasteiger partial charge is 0.363 e. The number of rotatable bonds is 4. The molecule has 2 N–H and O–H groups in total. The lowest BCUT2D eigenvalue weighted by atomic mass is 9.97. The van der Waals surface area contributed by atoms with Crippen molar-refractivity contribution in [2.75, 3.05) is 5.32 Å². The fraction of sp³-hybridized carbons (Fsp3) is 0.250. The number of pyridine rings is 1. The molecule has 3 aromatic rings. The van der Waals surface area contributed by atoms with E-state index in [4.69, 9.17) is 0 Å². The largest absolute Gasteiger partial charge is 0.410 e. The maximum absolute atomic E-state index is 13.7. The van der Waals surface area contributed by atoms with Gasteiger partial charge >= 0.3 is 6.18 Å². The van der Waals surface area contributed by atoms with Crippen molar-refractivity contribution in [1.29, 1.82) is 0 Å². The molecule has 6 nitrogen and oxygen atoms in total. The van der Waals surface area contributed by atoms with Crippen LogP contribution >= 0.6 is 0 Å². The predicted octanol–water partition coefficient (Wildman–Crippen LogP) is 3.87. The lowest BCUT2D eigenvalue weighted by Crippen LogP contribution is -2.35. The predicted molar refractivity (Wildman–Crippen MR) is 100 cm³/mol. The van der Waals surface area contributed by atoms with Gasteiger partial charge < -0.3 is 10.6 Å². The van der Waals surface area contributed by atoms with E-state index in [1.54, 1.807) is 48.7 Å². The number of carbonyl (C=O) groups excluding carboxylic acids is 1. The van der Waals surface area contributed by atoms with Gasteiger partial charge in [-0.25, -0.2) is 4.68 Å². The van der Waals surface area contributed by atoms with Crippen molar-refractivity contribution in [3.05, 3.63) is 77.7 Å².